The lowest BCUT2D eigenvalue weighted by Crippen LogP contribution is -2.22. The molecule has 1 atom stereocenters. The van der Waals surface area contributed by atoms with E-state index in [4.69, 9.17) is 0 Å². The minimum atomic E-state index is -0.0496. The first-order chi connectivity index (χ1) is 8.29. The summed E-state index contributed by atoms with van der Waals surface area (Å²) < 4.78 is 0. The fourth-order valence-corrected chi connectivity index (χ4v) is 2.35. The van der Waals surface area contributed by atoms with E-state index >= 15 is 0 Å². The number of anilines is 2. The molecule has 1 heterocycles. The van der Waals surface area contributed by atoms with Crippen molar-refractivity contribution in [3.8, 4) is 0 Å². The molecule has 0 bridgehead atoms. The number of carbonyl (C=O) groups is 1. The molecule has 2 aromatic rings. The molecule has 84 valence electrons. The van der Waals surface area contributed by atoms with Gasteiger partial charge in [-0.3, -0.25) is 9.69 Å². The van der Waals surface area contributed by atoms with Gasteiger partial charge in [0.2, 0.25) is 5.91 Å². The average Bonchev–Trinajstić information content (AvgIpc) is 2.64. The second kappa shape index (κ2) is 3.74. The largest absolute Gasteiger partial charge is 0.280 e. The number of rotatable bonds is 1. The molecule has 2 nitrogen and oxygen atoms in total. The molecule has 0 N–H and O–H groups in total. The maximum absolute atomic E-state index is 12.3. The van der Waals surface area contributed by atoms with E-state index in [1.54, 1.807) is 4.90 Å². The van der Waals surface area contributed by atoms with Gasteiger partial charge in [0.25, 0.3) is 0 Å². The number of hydrogen-bond acceptors (Lipinski definition) is 1. The molecule has 0 aromatic heterocycles. The van der Waals surface area contributed by atoms with E-state index in [1.165, 1.54) is 0 Å². The Morgan fingerprint density at radius 3 is 2.35 bits per heavy atom. The second-order valence-electron chi connectivity index (χ2n) is 4.29. The summed E-state index contributed by atoms with van der Waals surface area (Å²) in [7, 11) is 0. The van der Waals surface area contributed by atoms with E-state index in [9.17, 15) is 4.79 Å². The van der Waals surface area contributed by atoms with Crippen LogP contribution in [-0.4, -0.2) is 5.91 Å². The first kappa shape index (κ1) is 10.1. The number of hydrogen-bond donors (Lipinski definition) is 0. The zero-order valence-corrected chi connectivity index (χ0v) is 9.63. The first-order valence-corrected chi connectivity index (χ1v) is 5.77. The van der Waals surface area contributed by atoms with Crippen LogP contribution in [-0.2, 0) is 4.79 Å². The molecule has 17 heavy (non-hydrogen) atoms. The van der Waals surface area contributed by atoms with Crippen LogP contribution in [0.3, 0.4) is 0 Å². The topological polar surface area (TPSA) is 20.3 Å². The first-order valence-electron chi connectivity index (χ1n) is 5.77. The fraction of sp³-hybridized carbons (Fsp3) is 0.133. The van der Waals surface area contributed by atoms with E-state index in [0.717, 1.165) is 16.9 Å². The molecular formula is C15H13NO. The van der Waals surface area contributed by atoms with Crippen LogP contribution in [0.25, 0.3) is 0 Å². The Morgan fingerprint density at radius 2 is 1.59 bits per heavy atom. The normalized spacial score (nSPS) is 18.3. The Morgan fingerprint density at radius 1 is 0.941 bits per heavy atom. The molecule has 1 aliphatic rings. The van der Waals surface area contributed by atoms with Crippen molar-refractivity contribution < 1.29 is 4.79 Å². The molecule has 0 radical (unpaired) electrons. The lowest BCUT2D eigenvalue weighted by molar-refractivity contribution is -0.118. The van der Waals surface area contributed by atoms with E-state index in [2.05, 4.69) is 0 Å². The van der Waals surface area contributed by atoms with Crippen molar-refractivity contribution in [2.24, 2.45) is 0 Å². The Kier molecular flexibility index (Phi) is 2.22. The number of fused-ring (bicyclic) bond motifs is 1. The van der Waals surface area contributed by atoms with Crippen LogP contribution in [0.15, 0.2) is 54.6 Å². The summed E-state index contributed by atoms with van der Waals surface area (Å²) in [6, 6.07) is 17.8. The molecule has 2 heteroatoms. The zero-order valence-electron chi connectivity index (χ0n) is 9.63. The smallest absolute Gasteiger partial charge is 0.238 e. The van der Waals surface area contributed by atoms with Gasteiger partial charge < -0.3 is 0 Å². The summed E-state index contributed by atoms with van der Waals surface area (Å²) >= 11 is 0. The zero-order chi connectivity index (χ0) is 11.8. The van der Waals surface area contributed by atoms with Crippen LogP contribution >= 0.6 is 0 Å². The maximum Gasteiger partial charge on any atom is 0.238 e. The molecule has 2 aromatic carbocycles. The van der Waals surface area contributed by atoms with Gasteiger partial charge in [0.05, 0.1) is 11.6 Å². The van der Waals surface area contributed by atoms with Gasteiger partial charge >= 0.3 is 0 Å². The van der Waals surface area contributed by atoms with Crippen LogP contribution in [0.2, 0.25) is 0 Å². The maximum atomic E-state index is 12.3. The van der Waals surface area contributed by atoms with E-state index in [0.29, 0.717) is 0 Å². The third-order valence-electron chi connectivity index (χ3n) is 3.25. The molecule has 0 saturated carbocycles. The molecule has 0 fully saturated rings. The summed E-state index contributed by atoms with van der Waals surface area (Å²) in [5.41, 5.74) is 3.06. The van der Waals surface area contributed by atoms with Crippen molar-refractivity contribution in [1.82, 2.24) is 0 Å². The summed E-state index contributed by atoms with van der Waals surface area (Å²) in [5.74, 6) is 0.101. The van der Waals surface area contributed by atoms with Gasteiger partial charge in [-0.1, -0.05) is 36.4 Å². The van der Waals surface area contributed by atoms with Gasteiger partial charge in [-0.15, -0.1) is 0 Å². The van der Waals surface area contributed by atoms with E-state index in [-0.39, 0.29) is 11.8 Å². The quantitative estimate of drug-likeness (QED) is 0.725. The monoisotopic (exact) mass is 223 g/mol. The highest BCUT2D eigenvalue weighted by molar-refractivity contribution is 6.09. The molecule has 1 aliphatic heterocycles. The van der Waals surface area contributed by atoms with Gasteiger partial charge in [0.15, 0.2) is 0 Å². The Labute approximate surface area is 100 Å². The number of para-hydroxylation sites is 2. The van der Waals surface area contributed by atoms with Crippen molar-refractivity contribution in [1.29, 1.82) is 0 Å². The molecule has 3 rings (SSSR count). The predicted molar refractivity (Wildman–Crippen MR) is 68.4 cm³/mol. The number of nitrogens with zero attached hydrogens (tertiary/aromatic N) is 1. The summed E-state index contributed by atoms with van der Waals surface area (Å²) in [6.07, 6.45) is 0. The Hall–Kier alpha value is -2.09. The third kappa shape index (κ3) is 1.45. The highest BCUT2D eigenvalue weighted by Crippen LogP contribution is 2.41. The minimum Gasteiger partial charge on any atom is -0.280 e. The van der Waals surface area contributed by atoms with Crippen LogP contribution in [0.4, 0.5) is 11.4 Å². The highest BCUT2D eigenvalue weighted by atomic mass is 16.2. The van der Waals surface area contributed by atoms with Gasteiger partial charge in [-0.25, -0.2) is 0 Å². The average molecular weight is 223 g/mol. The standard InChI is InChI=1S/C15H13NO/c1-11-13-9-5-6-10-14(13)16(15(11)17)12-7-3-2-4-8-12/h2-11H,1H3. The van der Waals surface area contributed by atoms with E-state index in [1.807, 2.05) is 61.5 Å². The predicted octanol–water partition coefficient (Wildman–Crippen LogP) is 3.47. The van der Waals surface area contributed by atoms with Crippen LogP contribution < -0.4 is 4.90 Å². The van der Waals surface area contributed by atoms with Gasteiger partial charge in [0.1, 0.15) is 0 Å². The van der Waals surface area contributed by atoms with Crippen LogP contribution in [0.5, 0.6) is 0 Å². The highest BCUT2D eigenvalue weighted by Gasteiger charge is 2.34. The molecule has 0 aliphatic carbocycles. The van der Waals surface area contributed by atoms with Gasteiger partial charge in [-0.05, 0) is 30.7 Å². The number of benzene rings is 2. The lowest BCUT2D eigenvalue weighted by atomic mass is 10.0. The Balaban J connectivity index is 2.16. The number of amides is 1. The molecule has 0 saturated heterocycles. The summed E-state index contributed by atoms with van der Waals surface area (Å²) in [6.45, 7) is 1.96. The summed E-state index contributed by atoms with van der Waals surface area (Å²) in [4.78, 5) is 14.1. The van der Waals surface area contributed by atoms with Crippen molar-refractivity contribution in [3.05, 3.63) is 60.2 Å². The van der Waals surface area contributed by atoms with Crippen molar-refractivity contribution >= 4 is 17.3 Å². The molecular weight excluding hydrogens is 210 g/mol. The minimum absolute atomic E-state index is 0.0496. The second-order valence-corrected chi connectivity index (χ2v) is 4.29. The van der Waals surface area contributed by atoms with Crippen molar-refractivity contribution in [3.63, 3.8) is 0 Å². The molecule has 1 amide bonds. The van der Waals surface area contributed by atoms with Crippen LogP contribution in [0, 0.1) is 0 Å². The molecule has 1 unspecified atom stereocenters. The van der Waals surface area contributed by atoms with Crippen LogP contribution in [0.1, 0.15) is 18.4 Å². The number of carbonyl (C=O) groups excluding carboxylic acids is 1. The SMILES string of the molecule is CC1C(=O)N(c2ccccc2)c2ccccc21. The van der Waals surface area contributed by atoms with Gasteiger partial charge in [-0.2, -0.15) is 0 Å². The Bertz CT molecular complexity index is 562. The van der Waals surface area contributed by atoms with E-state index < -0.39 is 0 Å². The fourth-order valence-electron chi connectivity index (χ4n) is 2.35. The van der Waals surface area contributed by atoms with Crippen molar-refractivity contribution in [2.75, 3.05) is 4.90 Å². The third-order valence-corrected chi connectivity index (χ3v) is 3.25. The summed E-state index contributed by atoms with van der Waals surface area (Å²) in [5, 5.41) is 0. The van der Waals surface area contributed by atoms with Crippen molar-refractivity contribution in [2.45, 2.75) is 12.8 Å². The van der Waals surface area contributed by atoms with Gasteiger partial charge in [0, 0.05) is 5.69 Å². The molecule has 0 spiro atoms. The lowest BCUT2D eigenvalue weighted by Gasteiger charge is -2.17.